The van der Waals surface area contributed by atoms with E-state index in [9.17, 15) is 9.59 Å². The summed E-state index contributed by atoms with van der Waals surface area (Å²) in [6.45, 7) is 3.90. The van der Waals surface area contributed by atoms with Gasteiger partial charge in [0.25, 0.3) is 5.91 Å². The summed E-state index contributed by atoms with van der Waals surface area (Å²) < 4.78 is 6.91. The molecule has 0 aliphatic carbocycles. The largest absolute Gasteiger partial charge is 0.497 e. The predicted octanol–water partition coefficient (Wildman–Crippen LogP) is 2.89. The Morgan fingerprint density at radius 1 is 0.970 bits per heavy atom. The Balaban J connectivity index is 1.31. The Morgan fingerprint density at radius 2 is 1.70 bits per heavy atom. The van der Waals surface area contributed by atoms with Crippen LogP contribution in [0.15, 0.2) is 54.6 Å². The Labute approximate surface area is 193 Å². The number of rotatable bonds is 7. The lowest BCUT2D eigenvalue weighted by atomic mass is 10.1. The zero-order chi connectivity index (χ0) is 23.2. The molecular formula is C25H29N5O3. The van der Waals surface area contributed by atoms with Gasteiger partial charge in [-0.3, -0.25) is 9.59 Å². The molecule has 3 aromatic rings. The van der Waals surface area contributed by atoms with Gasteiger partial charge in [0.15, 0.2) is 5.69 Å². The number of hydrogen-bond acceptors (Lipinski definition) is 5. The first kappa shape index (κ1) is 22.5. The lowest BCUT2D eigenvalue weighted by molar-refractivity contribution is -0.132. The molecule has 2 amide bonds. The molecule has 1 saturated heterocycles. The van der Waals surface area contributed by atoms with E-state index in [1.54, 1.807) is 16.7 Å². The third kappa shape index (κ3) is 5.22. The first-order valence-electron chi connectivity index (χ1n) is 11.2. The van der Waals surface area contributed by atoms with Crippen LogP contribution in [-0.2, 0) is 11.2 Å². The Bertz CT molecular complexity index is 1100. The van der Waals surface area contributed by atoms with Gasteiger partial charge in [0, 0.05) is 38.7 Å². The van der Waals surface area contributed by atoms with Gasteiger partial charge >= 0.3 is 0 Å². The molecule has 33 heavy (non-hydrogen) atoms. The maximum absolute atomic E-state index is 13.1. The van der Waals surface area contributed by atoms with Gasteiger partial charge in [-0.2, -0.15) is 0 Å². The van der Waals surface area contributed by atoms with Crippen LogP contribution in [0.25, 0.3) is 5.69 Å². The maximum Gasteiger partial charge on any atom is 0.276 e. The highest BCUT2D eigenvalue weighted by atomic mass is 16.5. The van der Waals surface area contributed by atoms with Crippen molar-refractivity contribution in [3.05, 3.63) is 71.5 Å². The Hall–Kier alpha value is -3.68. The van der Waals surface area contributed by atoms with Crippen LogP contribution in [0, 0.1) is 6.92 Å². The number of methoxy groups -OCH3 is 1. The van der Waals surface area contributed by atoms with E-state index in [4.69, 9.17) is 4.74 Å². The minimum Gasteiger partial charge on any atom is -0.497 e. The number of piperazine rings is 1. The number of hydrogen-bond donors (Lipinski definition) is 0. The molecule has 0 unspecified atom stereocenters. The van der Waals surface area contributed by atoms with Crippen LogP contribution in [0.4, 0.5) is 0 Å². The van der Waals surface area contributed by atoms with Gasteiger partial charge in [0.2, 0.25) is 5.91 Å². The fourth-order valence-electron chi connectivity index (χ4n) is 4.07. The molecule has 1 aromatic heterocycles. The summed E-state index contributed by atoms with van der Waals surface area (Å²) in [4.78, 5) is 29.3. The van der Waals surface area contributed by atoms with E-state index >= 15 is 0 Å². The summed E-state index contributed by atoms with van der Waals surface area (Å²) >= 11 is 0. The van der Waals surface area contributed by atoms with Crippen molar-refractivity contribution in [2.24, 2.45) is 0 Å². The number of nitrogens with zero attached hydrogens (tertiary/aromatic N) is 5. The van der Waals surface area contributed by atoms with E-state index in [0.29, 0.717) is 49.7 Å². The fourth-order valence-corrected chi connectivity index (χ4v) is 4.07. The normalized spacial score (nSPS) is 13.8. The molecule has 1 fully saturated rings. The molecule has 0 saturated carbocycles. The lowest BCUT2D eigenvalue weighted by Crippen LogP contribution is -2.50. The highest BCUT2D eigenvalue weighted by Gasteiger charge is 2.28. The van der Waals surface area contributed by atoms with Crippen molar-refractivity contribution in [2.45, 2.75) is 26.2 Å². The highest BCUT2D eigenvalue weighted by Crippen LogP contribution is 2.19. The average molecular weight is 448 g/mol. The van der Waals surface area contributed by atoms with E-state index < -0.39 is 0 Å². The number of amides is 2. The smallest absolute Gasteiger partial charge is 0.276 e. The number of aryl methyl sites for hydroxylation is 1. The molecule has 2 heterocycles. The summed E-state index contributed by atoms with van der Waals surface area (Å²) in [5, 5.41) is 8.32. The number of ether oxygens (including phenoxy) is 1. The zero-order valence-electron chi connectivity index (χ0n) is 19.1. The molecule has 2 aromatic carbocycles. The molecule has 8 heteroatoms. The number of benzene rings is 2. The van der Waals surface area contributed by atoms with Crippen LogP contribution in [-0.4, -0.2) is 69.9 Å². The van der Waals surface area contributed by atoms with E-state index in [1.807, 2.05) is 54.3 Å². The summed E-state index contributed by atoms with van der Waals surface area (Å²) in [6.07, 6.45) is 2.25. The van der Waals surface area contributed by atoms with E-state index in [2.05, 4.69) is 22.4 Å². The van der Waals surface area contributed by atoms with E-state index in [0.717, 1.165) is 18.5 Å². The molecule has 1 aliphatic rings. The molecule has 172 valence electrons. The van der Waals surface area contributed by atoms with Crippen molar-refractivity contribution in [3.8, 4) is 11.4 Å². The van der Waals surface area contributed by atoms with Gasteiger partial charge in [-0.15, -0.1) is 5.10 Å². The van der Waals surface area contributed by atoms with Crippen LogP contribution < -0.4 is 4.74 Å². The molecule has 0 atom stereocenters. The van der Waals surface area contributed by atoms with Crippen LogP contribution in [0.3, 0.4) is 0 Å². The van der Waals surface area contributed by atoms with E-state index in [1.165, 1.54) is 5.56 Å². The second-order valence-electron chi connectivity index (χ2n) is 8.15. The molecule has 0 spiro atoms. The van der Waals surface area contributed by atoms with Gasteiger partial charge in [0.1, 0.15) is 5.75 Å². The third-order valence-electron chi connectivity index (χ3n) is 6.01. The predicted molar refractivity (Wildman–Crippen MR) is 125 cm³/mol. The van der Waals surface area contributed by atoms with Gasteiger partial charge in [-0.1, -0.05) is 41.6 Å². The van der Waals surface area contributed by atoms with Crippen LogP contribution in [0.5, 0.6) is 5.75 Å². The highest BCUT2D eigenvalue weighted by molar-refractivity contribution is 5.93. The van der Waals surface area contributed by atoms with Crippen molar-refractivity contribution < 1.29 is 14.3 Å². The number of carbonyl (C=O) groups is 2. The fraction of sp³-hybridized carbons (Fsp3) is 0.360. The summed E-state index contributed by atoms with van der Waals surface area (Å²) in [7, 11) is 1.61. The maximum atomic E-state index is 13.1. The van der Waals surface area contributed by atoms with Crippen molar-refractivity contribution in [2.75, 3.05) is 33.3 Å². The molecule has 0 N–H and O–H groups in total. The van der Waals surface area contributed by atoms with Crippen molar-refractivity contribution in [1.29, 1.82) is 0 Å². The lowest BCUT2D eigenvalue weighted by Gasteiger charge is -2.34. The SMILES string of the molecule is COc1cccc(-n2nnc(C(=O)N3CCN(C(=O)CCCc4ccccc4)CC3)c2C)c1. The van der Waals surface area contributed by atoms with Crippen LogP contribution in [0.2, 0.25) is 0 Å². The van der Waals surface area contributed by atoms with E-state index in [-0.39, 0.29) is 11.8 Å². The minimum atomic E-state index is -0.155. The first-order chi connectivity index (χ1) is 16.1. The second kappa shape index (κ2) is 10.3. The molecule has 1 aliphatic heterocycles. The molecule has 8 nitrogen and oxygen atoms in total. The van der Waals surface area contributed by atoms with Crippen LogP contribution >= 0.6 is 0 Å². The number of carbonyl (C=O) groups excluding carboxylic acids is 2. The van der Waals surface area contributed by atoms with Crippen molar-refractivity contribution in [3.63, 3.8) is 0 Å². The minimum absolute atomic E-state index is 0.151. The molecule has 0 bridgehead atoms. The third-order valence-corrected chi connectivity index (χ3v) is 6.01. The van der Waals surface area contributed by atoms with Gasteiger partial charge in [0.05, 0.1) is 18.5 Å². The second-order valence-corrected chi connectivity index (χ2v) is 8.15. The van der Waals surface area contributed by atoms with Gasteiger partial charge in [-0.25, -0.2) is 4.68 Å². The van der Waals surface area contributed by atoms with Crippen LogP contribution in [0.1, 0.15) is 34.6 Å². The molecule has 0 radical (unpaired) electrons. The monoisotopic (exact) mass is 447 g/mol. The average Bonchev–Trinajstić information content (AvgIpc) is 3.25. The van der Waals surface area contributed by atoms with Gasteiger partial charge < -0.3 is 14.5 Å². The molecule has 4 rings (SSSR count). The van der Waals surface area contributed by atoms with Crippen molar-refractivity contribution in [1.82, 2.24) is 24.8 Å². The van der Waals surface area contributed by atoms with Gasteiger partial charge in [-0.05, 0) is 37.5 Å². The Morgan fingerprint density at radius 3 is 2.42 bits per heavy atom. The summed E-state index contributed by atoms with van der Waals surface area (Å²) in [6, 6.07) is 17.7. The quantitative estimate of drug-likeness (QED) is 0.556. The zero-order valence-corrected chi connectivity index (χ0v) is 19.1. The summed E-state index contributed by atoms with van der Waals surface area (Å²) in [5.74, 6) is 0.704. The van der Waals surface area contributed by atoms with Crippen molar-refractivity contribution >= 4 is 11.8 Å². The number of aromatic nitrogens is 3. The standard InChI is InChI=1S/C25H29N5O3/c1-19-24(26-27-30(19)21-11-7-12-22(18-21)33-2)25(32)29-16-14-28(15-17-29)23(31)13-6-10-20-8-4-3-5-9-20/h3-5,7-9,11-12,18H,6,10,13-17H2,1-2H3. The first-order valence-corrected chi connectivity index (χ1v) is 11.2. The summed E-state index contributed by atoms with van der Waals surface area (Å²) in [5.41, 5.74) is 3.04. The molecular weight excluding hydrogens is 418 g/mol. The Kier molecular flexibility index (Phi) is 7.02. The topological polar surface area (TPSA) is 80.6 Å².